The largest absolute Gasteiger partial charge is 0.0982 e. The summed E-state index contributed by atoms with van der Waals surface area (Å²) in [6.07, 6.45) is 6.44. The van der Waals surface area contributed by atoms with E-state index in [2.05, 4.69) is 62.1 Å². The summed E-state index contributed by atoms with van der Waals surface area (Å²) >= 11 is 0. The Hall–Kier alpha value is -1.74. The second kappa shape index (κ2) is 4.86. The van der Waals surface area contributed by atoms with Crippen LogP contribution in [-0.4, -0.2) is 0 Å². The van der Waals surface area contributed by atoms with Crippen molar-refractivity contribution in [1.29, 1.82) is 0 Å². The summed E-state index contributed by atoms with van der Waals surface area (Å²) in [6.45, 7) is 4.26. The molecular weight excluding hydrogens is 192 g/mol. The van der Waals surface area contributed by atoms with Crippen molar-refractivity contribution in [2.45, 2.75) is 26.7 Å². The van der Waals surface area contributed by atoms with E-state index in [0.717, 1.165) is 12.8 Å². The summed E-state index contributed by atoms with van der Waals surface area (Å²) in [6, 6.07) is 8.46. The van der Waals surface area contributed by atoms with E-state index in [1.165, 1.54) is 22.3 Å². The molecule has 0 heteroatoms. The monoisotopic (exact) mass is 208 g/mol. The lowest BCUT2D eigenvalue weighted by molar-refractivity contribution is 0.983. The summed E-state index contributed by atoms with van der Waals surface area (Å²) in [5, 5.41) is 0. The topological polar surface area (TPSA) is 0 Å². The van der Waals surface area contributed by atoms with E-state index in [4.69, 9.17) is 0 Å². The minimum Gasteiger partial charge on any atom is -0.0982 e. The third-order valence-corrected chi connectivity index (χ3v) is 2.74. The fourth-order valence-corrected chi connectivity index (χ4v) is 1.86. The van der Waals surface area contributed by atoms with Gasteiger partial charge < -0.3 is 0 Å². The molecule has 1 aromatic carbocycles. The van der Waals surface area contributed by atoms with Crippen LogP contribution in [0.5, 0.6) is 0 Å². The Morgan fingerprint density at radius 2 is 2.00 bits per heavy atom. The maximum absolute atomic E-state index is 3.24. The zero-order chi connectivity index (χ0) is 11.4. The van der Waals surface area contributed by atoms with Crippen LogP contribution >= 0.6 is 0 Å². The molecule has 0 atom stereocenters. The molecule has 0 unspecified atom stereocenters. The van der Waals surface area contributed by atoms with Crippen LogP contribution in [0, 0.1) is 11.8 Å². The molecule has 1 aromatic rings. The van der Waals surface area contributed by atoms with Gasteiger partial charge in [0.15, 0.2) is 0 Å². The van der Waals surface area contributed by atoms with Crippen molar-refractivity contribution in [3.8, 4) is 11.8 Å². The average molecular weight is 208 g/mol. The van der Waals surface area contributed by atoms with E-state index in [1.54, 1.807) is 0 Å². The van der Waals surface area contributed by atoms with Crippen LogP contribution in [-0.2, 0) is 0 Å². The molecule has 0 saturated heterocycles. The second-order valence-electron chi connectivity index (χ2n) is 4.01. The van der Waals surface area contributed by atoms with Crippen molar-refractivity contribution < 1.29 is 0 Å². The highest BCUT2D eigenvalue weighted by molar-refractivity contribution is 5.92. The molecule has 1 aliphatic rings. The second-order valence-corrected chi connectivity index (χ2v) is 4.01. The van der Waals surface area contributed by atoms with Crippen molar-refractivity contribution in [3.05, 3.63) is 47.0 Å². The number of benzene rings is 1. The van der Waals surface area contributed by atoms with Gasteiger partial charge in [-0.2, -0.15) is 0 Å². The third kappa shape index (κ3) is 2.09. The summed E-state index contributed by atoms with van der Waals surface area (Å²) in [5.41, 5.74) is 5.06. The van der Waals surface area contributed by atoms with Gasteiger partial charge in [-0.15, -0.1) is 0 Å². The number of fused-ring (bicyclic) bond motifs is 1. The van der Waals surface area contributed by atoms with Gasteiger partial charge in [-0.1, -0.05) is 55.2 Å². The third-order valence-electron chi connectivity index (χ3n) is 2.74. The first-order valence-electron chi connectivity index (χ1n) is 5.80. The number of unbranched alkanes of at least 4 members (excludes halogenated alkanes) is 1. The molecule has 0 bridgehead atoms. The van der Waals surface area contributed by atoms with Gasteiger partial charge in [0.2, 0.25) is 0 Å². The van der Waals surface area contributed by atoms with Gasteiger partial charge in [0, 0.05) is 12.0 Å². The van der Waals surface area contributed by atoms with Crippen LogP contribution in [0.25, 0.3) is 11.6 Å². The number of rotatable bonds is 1. The van der Waals surface area contributed by atoms with Crippen molar-refractivity contribution in [2.75, 3.05) is 0 Å². The van der Waals surface area contributed by atoms with Crippen LogP contribution in [0.15, 0.2) is 35.9 Å². The van der Waals surface area contributed by atoms with Crippen LogP contribution in [0.2, 0.25) is 0 Å². The van der Waals surface area contributed by atoms with Gasteiger partial charge in [-0.25, -0.2) is 0 Å². The molecule has 0 aliphatic heterocycles. The normalized spacial score (nSPS) is 15.4. The van der Waals surface area contributed by atoms with Gasteiger partial charge in [0.25, 0.3) is 0 Å². The van der Waals surface area contributed by atoms with Gasteiger partial charge in [-0.3, -0.25) is 0 Å². The lowest BCUT2D eigenvalue weighted by atomic mass is 10.0. The first-order valence-corrected chi connectivity index (χ1v) is 5.80. The molecule has 0 saturated carbocycles. The molecule has 80 valence electrons. The zero-order valence-corrected chi connectivity index (χ0v) is 9.88. The Bertz CT molecular complexity index is 504. The molecule has 16 heavy (non-hydrogen) atoms. The molecule has 2 rings (SSSR count). The van der Waals surface area contributed by atoms with Crippen LogP contribution in [0.4, 0.5) is 0 Å². The molecule has 0 heterocycles. The van der Waals surface area contributed by atoms with Crippen molar-refractivity contribution >= 4 is 11.6 Å². The van der Waals surface area contributed by atoms with E-state index in [-0.39, 0.29) is 0 Å². The first kappa shape index (κ1) is 10.8. The zero-order valence-electron chi connectivity index (χ0n) is 9.88. The highest BCUT2D eigenvalue weighted by Crippen LogP contribution is 2.30. The maximum Gasteiger partial charge on any atom is 0.00897 e. The Labute approximate surface area is 97.7 Å². The Morgan fingerprint density at radius 3 is 2.81 bits per heavy atom. The highest BCUT2D eigenvalue weighted by Gasteiger charge is 2.10. The van der Waals surface area contributed by atoms with Crippen molar-refractivity contribution in [1.82, 2.24) is 0 Å². The maximum atomic E-state index is 3.24. The molecule has 1 aliphatic carbocycles. The number of hydrogen-bond acceptors (Lipinski definition) is 0. The Kier molecular flexibility index (Phi) is 3.27. The molecule has 0 fully saturated rings. The average Bonchev–Trinajstić information content (AvgIpc) is 2.73. The standard InChI is InChI=1S/C16H16/c1-3-4-5-8-13(2)15-12-11-14-9-6-7-10-16(14)15/h6-7,9-12H,3-4H2,1-2H3. The van der Waals surface area contributed by atoms with Gasteiger partial charge in [0.05, 0.1) is 0 Å². The molecular formula is C16H16. The molecule has 0 spiro atoms. The number of allylic oxidation sites excluding steroid dienone is 3. The van der Waals surface area contributed by atoms with Crippen LogP contribution in [0.3, 0.4) is 0 Å². The summed E-state index contributed by atoms with van der Waals surface area (Å²) < 4.78 is 0. The van der Waals surface area contributed by atoms with E-state index < -0.39 is 0 Å². The van der Waals surface area contributed by atoms with Gasteiger partial charge in [-0.05, 0) is 30.0 Å². The smallest absolute Gasteiger partial charge is 0.00897 e. The van der Waals surface area contributed by atoms with Crippen molar-refractivity contribution in [2.24, 2.45) is 0 Å². The fourth-order valence-electron chi connectivity index (χ4n) is 1.86. The van der Waals surface area contributed by atoms with Crippen molar-refractivity contribution in [3.63, 3.8) is 0 Å². The minimum atomic E-state index is 0.982. The minimum absolute atomic E-state index is 0.982. The predicted octanol–water partition coefficient (Wildman–Crippen LogP) is 4.29. The van der Waals surface area contributed by atoms with E-state index in [9.17, 15) is 0 Å². The molecule has 0 N–H and O–H groups in total. The van der Waals surface area contributed by atoms with Crippen LogP contribution < -0.4 is 0 Å². The summed E-state index contributed by atoms with van der Waals surface area (Å²) in [5.74, 6) is 6.45. The molecule has 0 radical (unpaired) electrons. The summed E-state index contributed by atoms with van der Waals surface area (Å²) in [7, 11) is 0. The van der Waals surface area contributed by atoms with Gasteiger partial charge in [0.1, 0.15) is 0 Å². The first-order chi connectivity index (χ1) is 7.83. The molecule has 0 amide bonds. The van der Waals surface area contributed by atoms with E-state index in [0.29, 0.717) is 0 Å². The number of hydrogen-bond donors (Lipinski definition) is 0. The lowest BCUT2D eigenvalue weighted by Gasteiger charge is -2.01. The van der Waals surface area contributed by atoms with Crippen LogP contribution in [0.1, 0.15) is 37.8 Å². The fraction of sp³-hybridized carbons (Fsp3) is 0.250. The predicted molar refractivity (Wildman–Crippen MR) is 70.8 cm³/mol. The van der Waals surface area contributed by atoms with E-state index in [1.807, 2.05) is 0 Å². The van der Waals surface area contributed by atoms with Gasteiger partial charge >= 0.3 is 0 Å². The Balaban J connectivity index is 2.35. The lowest BCUT2D eigenvalue weighted by Crippen LogP contribution is -1.83. The Morgan fingerprint density at radius 1 is 1.19 bits per heavy atom. The molecule has 0 nitrogen and oxygen atoms in total. The summed E-state index contributed by atoms with van der Waals surface area (Å²) in [4.78, 5) is 0. The highest BCUT2D eigenvalue weighted by atomic mass is 14.1. The molecule has 0 aromatic heterocycles. The van der Waals surface area contributed by atoms with E-state index >= 15 is 0 Å². The SMILES string of the molecule is CCCC#CC(C)=C1C=Cc2ccccc21. The quantitative estimate of drug-likeness (QED) is 0.604.